The van der Waals surface area contributed by atoms with Crippen molar-refractivity contribution in [3.63, 3.8) is 0 Å². The lowest BCUT2D eigenvalue weighted by Gasteiger charge is -2.12. The second kappa shape index (κ2) is 6.95. The van der Waals surface area contributed by atoms with Crippen LogP contribution in [0.1, 0.15) is 35.7 Å². The summed E-state index contributed by atoms with van der Waals surface area (Å²) >= 11 is 0. The molecule has 0 aromatic heterocycles. The highest BCUT2D eigenvalue weighted by atomic mass is 16.5. The van der Waals surface area contributed by atoms with Crippen LogP contribution in [0.4, 0.5) is 11.4 Å². The number of hydrogen-bond donors (Lipinski definition) is 3. The van der Waals surface area contributed by atoms with E-state index < -0.39 is 0 Å². The summed E-state index contributed by atoms with van der Waals surface area (Å²) in [6.45, 7) is 4.32. The average Bonchev–Trinajstić information content (AvgIpc) is 2.54. The summed E-state index contributed by atoms with van der Waals surface area (Å²) < 4.78 is 5.24. The van der Waals surface area contributed by atoms with Crippen molar-refractivity contribution >= 4 is 17.3 Å². The molecule has 0 aliphatic carbocycles. The summed E-state index contributed by atoms with van der Waals surface area (Å²) in [5.74, 6) is 5.74. The highest BCUT2D eigenvalue weighted by Crippen LogP contribution is 2.26. The van der Waals surface area contributed by atoms with Crippen molar-refractivity contribution in [3.05, 3.63) is 53.6 Å². The largest absolute Gasteiger partial charge is 0.496 e. The second-order valence-electron chi connectivity index (χ2n) is 5.29. The van der Waals surface area contributed by atoms with Gasteiger partial charge in [0.25, 0.3) is 5.91 Å². The molecular weight excluding hydrogens is 278 g/mol. The summed E-state index contributed by atoms with van der Waals surface area (Å²) in [6, 6.07) is 13.5. The van der Waals surface area contributed by atoms with Crippen LogP contribution in [-0.2, 0) is 0 Å². The molecule has 0 fully saturated rings. The minimum Gasteiger partial charge on any atom is -0.496 e. The van der Waals surface area contributed by atoms with Crippen molar-refractivity contribution in [1.29, 1.82) is 0 Å². The molecule has 0 heterocycles. The molecule has 1 amide bonds. The molecule has 2 rings (SSSR count). The van der Waals surface area contributed by atoms with Crippen molar-refractivity contribution in [2.24, 2.45) is 5.84 Å². The van der Waals surface area contributed by atoms with E-state index in [0.29, 0.717) is 17.2 Å². The molecule has 0 radical (unpaired) electrons. The molecule has 0 atom stereocenters. The first kappa shape index (κ1) is 15.9. The molecule has 22 heavy (non-hydrogen) atoms. The first-order valence-corrected chi connectivity index (χ1v) is 7.11. The van der Waals surface area contributed by atoms with Crippen LogP contribution < -0.4 is 21.3 Å². The Bertz CT molecular complexity index is 651. The number of nitrogen functional groups attached to an aromatic ring is 1. The van der Waals surface area contributed by atoms with Crippen LogP contribution in [0.3, 0.4) is 0 Å². The topological polar surface area (TPSA) is 76.4 Å². The third kappa shape index (κ3) is 3.56. The molecule has 0 aliphatic rings. The van der Waals surface area contributed by atoms with Gasteiger partial charge in [0, 0.05) is 17.4 Å². The zero-order chi connectivity index (χ0) is 16.1. The number of nitrogens with two attached hydrogens (primary N) is 1. The number of nitrogens with one attached hydrogen (secondary N) is 2. The minimum absolute atomic E-state index is 0.385. The van der Waals surface area contributed by atoms with Gasteiger partial charge in [0.15, 0.2) is 0 Å². The number of carbonyl (C=O) groups excluding carboxylic acids is 1. The third-order valence-electron chi connectivity index (χ3n) is 3.44. The number of methoxy groups -OCH3 is 1. The lowest BCUT2D eigenvalue weighted by Crippen LogP contribution is -2.30. The minimum atomic E-state index is -0.385. The van der Waals surface area contributed by atoms with Crippen LogP contribution in [-0.4, -0.2) is 13.0 Å². The Kier molecular flexibility index (Phi) is 5.01. The molecule has 0 aliphatic heterocycles. The number of carbonyl (C=O) groups is 1. The zero-order valence-corrected chi connectivity index (χ0v) is 13.0. The predicted molar refractivity (Wildman–Crippen MR) is 88.5 cm³/mol. The van der Waals surface area contributed by atoms with E-state index in [1.54, 1.807) is 12.1 Å². The lowest BCUT2D eigenvalue weighted by molar-refractivity contribution is 0.0950. The summed E-state index contributed by atoms with van der Waals surface area (Å²) in [7, 11) is 1.52. The average molecular weight is 299 g/mol. The molecular formula is C17H21N3O2. The standard InChI is InChI=1S/C17H21N3O2/c1-11(2)12-4-6-13(7-5-12)19-14-8-9-15(17(21)20-18)16(10-14)22-3/h4-11,19H,18H2,1-3H3,(H,20,21). The zero-order valence-electron chi connectivity index (χ0n) is 13.0. The van der Waals surface area contributed by atoms with Gasteiger partial charge in [-0.05, 0) is 35.7 Å². The molecule has 0 saturated heterocycles. The number of rotatable bonds is 5. The maximum Gasteiger partial charge on any atom is 0.268 e. The number of hydrogen-bond acceptors (Lipinski definition) is 4. The summed E-state index contributed by atoms with van der Waals surface area (Å²) in [5, 5.41) is 3.29. The monoisotopic (exact) mass is 299 g/mol. The fourth-order valence-electron chi connectivity index (χ4n) is 2.15. The van der Waals surface area contributed by atoms with Crippen molar-refractivity contribution in [2.75, 3.05) is 12.4 Å². The van der Waals surface area contributed by atoms with Crippen molar-refractivity contribution in [3.8, 4) is 5.75 Å². The van der Waals surface area contributed by atoms with Gasteiger partial charge in [0.2, 0.25) is 0 Å². The quantitative estimate of drug-likeness (QED) is 0.450. The van der Waals surface area contributed by atoms with E-state index in [0.717, 1.165) is 11.4 Å². The van der Waals surface area contributed by atoms with Crippen LogP contribution >= 0.6 is 0 Å². The molecule has 2 aromatic carbocycles. The normalized spacial score (nSPS) is 10.4. The molecule has 116 valence electrons. The van der Waals surface area contributed by atoms with E-state index in [-0.39, 0.29) is 5.91 Å². The molecule has 0 saturated carbocycles. The van der Waals surface area contributed by atoms with Gasteiger partial charge in [-0.1, -0.05) is 26.0 Å². The second-order valence-corrected chi connectivity index (χ2v) is 5.29. The molecule has 0 spiro atoms. The summed E-state index contributed by atoms with van der Waals surface area (Å²) in [5.41, 5.74) is 5.60. The number of anilines is 2. The number of amides is 1. The van der Waals surface area contributed by atoms with E-state index in [9.17, 15) is 4.79 Å². The Balaban J connectivity index is 2.21. The Morgan fingerprint density at radius 2 is 1.73 bits per heavy atom. The molecule has 5 heteroatoms. The Morgan fingerprint density at radius 1 is 1.09 bits per heavy atom. The first-order valence-electron chi connectivity index (χ1n) is 7.11. The highest BCUT2D eigenvalue weighted by Gasteiger charge is 2.11. The van der Waals surface area contributed by atoms with Gasteiger partial charge in [-0.2, -0.15) is 0 Å². The van der Waals surface area contributed by atoms with E-state index in [1.807, 2.05) is 18.2 Å². The smallest absolute Gasteiger partial charge is 0.268 e. The fraction of sp³-hybridized carbons (Fsp3) is 0.235. The molecule has 0 bridgehead atoms. The van der Waals surface area contributed by atoms with E-state index >= 15 is 0 Å². The third-order valence-corrected chi connectivity index (χ3v) is 3.44. The number of benzene rings is 2. The van der Waals surface area contributed by atoms with Crippen LogP contribution in [0, 0.1) is 0 Å². The number of ether oxygens (including phenoxy) is 1. The lowest BCUT2D eigenvalue weighted by atomic mass is 10.0. The maximum atomic E-state index is 11.6. The van der Waals surface area contributed by atoms with E-state index in [1.165, 1.54) is 12.7 Å². The molecule has 4 N–H and O–H groups in total. The Labute approximate surface area is 130 Å². The molecule has 2 aromatic rings. The van der Waals surface area contributed by atoms with Gasteiger partial charge in [0.1, 0.15) is 5.75 Å². The highest BCUT2D eigenvalue weighted by molar-refractivity contribution is 5.97. The fourth-order valence-corrected chi connectivity index (χ4v) is 2.15. The van der Waals surface area contributed by atoms with Crippen LogP contribution in [0.2, 0.25) is 0 Å². The van der Waals surface area contributed by atoms with Crippen molar-refractivity contribution < 1.29 is 9.53 Å². The van der Waals surface area contributed by atoms with Crippen molar-refractivity contribution in [2.45, 2.75) is 19.8 Å². The van der Waals surface area contributed by atoms with E-state index in [2.05, 4.69) is 36.7 Å². The van der Waals surface area contributed by atoms with Gasteiger partial charge in [-0.15, -0.1) is 0 Å². The van der Waals surface area contributed by atoms with Crippen LogP contribution in [0.15, 0.2) is 42.5 Å². The molecule has 5 nitrogen and oxygen atoms in total. The van der Waals surface area contributed by atoms with Crippen LogP contribution in [0.5, 0.6) is 5.75 Å². The number of hydrazine groups is 1. The van der Waals surface area contributed by atoms with Crippen LogP contribution in [0.25, 0.3) is 0 Å². The Morgan fingerprint density at radius 3 is 2.27 bits per heavy atom. The van der Waals surface area contributed by atoms with Gasteiger partial charge in [-0.25, -0.2) is 5.84 Å². The maximum absolute atomic E-state index is 11.6. The van der Waals surface area contributed by atoms with Gasteiger partial charge in [-0.3, -0.25) is 10.2 Å². The molecule has 0 unspecified atom stereocenters. The summed E-state index contributed by atoms with van der Waals surface area (Å²) in [4.78, 5) is 11.6. The SMILES string of the molecule is COc1cc(Nc2ccc(C(C)C)cc2)ccc1C(=O)NN. The van der Waals surface area contributed by atoms with E-state index in [4.69, 9.17) is 10.6 Å². The predicted octanol–water partition coefficient (Wildman–Crippen LogP) is 3.17. The first-order chi connectivity index (χ1) is 10.5. The summed E-state index contributed by atoms with van der Waals surface area (Å²) in [6.07, 6.45) is 0. The van der Waals surface area contributed by atoms with Gasteiger partial charge >= 0.3 is 0 Å². The van der Waals surface area contributed by atoms with Gasteiger partial charge < -0.3 is 10.1 Å². The Hall–Kier alpha value is -2.53. The van der Waals surface area contributed by atoms with Gasteiger partial charge in [0.05, 0.1) is 12.7 Å². The van der Waals surface area contributed by atoms with Crippen molar-refractivity contribution in [1.82, 2.24) is 5.43 Å².